The lowest BCUT2D eigenvalue weighted by Crippen LogP contribution is -1.83. The van der Waals surface area contributed by atoms with Crippen LogP contribution in [0.1, 0.15) is 32.6 Å². The van der Waals surface area contributed by atoms with Crippen molar-refractivity contribution in [3.8, 4) is 11.8 Å². The van der Waals surface area contributed by atoms with Gasteiger partial charge in [0.25, 0.3) is 0 Å². The van der Waals surface area contributed by atoms with E-state index in [0.29, 0.717) is 0 Å². The minimum atomic E-state index is 1.06. The van der Waals surface area contributed by atoms with Gasteiger partial charge in [-0.1, -0.05) is 31.3 Å². The van der Waals surface area contributed by atoms with E-state index in [1.807, 2.05) is 0 Å². The van der Waals surface area contributed by atoms with E-state index in [1.165, 1.54) is 24.8 Å². The van der Waals surface area contributed by atoms with Gasteiger partial charge in [0.1, 0.15) is 0 Å². The summed E-state index contributed by atoms with van der Waals surface area (Å²) < 4.78 is 0. The van der Waals surface area contributed by atoms with Crippen LogP contribution in [0.2, 0.25) is 0 Å². The predicted octanol–water partition coefficient (Wildman–Crippen LogP) is 2.51. The van der Waals surface area contributed by atoms with Gasteiger partial charge in [0.2, 0.25) is 0 Å². The molecule has 1 rings (SSSR count). The Morgan fingerprint density at radius 2 is 2.56 bits per heavy atom. The van der Waals surface area contributed by atoms with Gasteiger partial charge in [-0.15, -0.1) is 0 Å². The Hall–Kier alpha value is -0.700. The quantitative estimate of drug-likeness (QED) is 0.491. The van der Waals surface area contributed by atoms with Crippen LogP contribution in [0.3, 0.4) is 0 Å². The average Bonchev–Trinajstić information content (AvgIpc) is 1.91. The van der Waals surface area contributed by atoms with Crippen LogP contribution in [0, 0.1) is 11.8 Å². The minimum Gasteiger partial charge on any atom is -0.0979 e. The normalized spacial score (nSPS) is 15.9. The third kappa shape index (κ3) is 1.93. The van der Waals surface area contributed by atoms with Gasteiger partial charge in [-0.3, -0.25) is 0 Å². The average molecular weight is 120 g/mol. The van der Waals surface area contributed by atoms with Crippen LogP contribution >= 0.6 is 0 Å². The van der Waals surface area contributed by atoms with Crippen molar-refractivity contribution < 1.29 is 0 Å². The maximum absolute atomic E-state index is 3.13. The van der Waals surface area contributed by atoms with Crippen molar-refractivity contribution in [3.63, 3.8) is 0 Å². The Morgan fingerprint density at radius 3 is 3.11 bits per heavy atom. The molecular formula is C9H12. The van der Waals surface area contributed by atoms with Crippen LogP contribution in [0.4, 0.5) is 0 Å². The zero-order valence-electron chi connectivity index (χ0n) is 5.91. The highest BCUT2D eigenvalue weighted by atomic mass is 14.0. The van der Waals surface area contributed by atoms with E-state index in [9.17, 15) is 0 Å². The molecule has 0 aromatic carbocycles. The van der Waals surface area contributed by atoms with Gasteiger partial charge >= 0.3 is 0 Å². The lowest BCUT2D eigenvalue weighted by molar-refractivity contribution is 0.911. The first kappa shape index (κ1) is 6.42. The highest BCUT2D eigenvalue weighted by Crippen LogP contribution is 2.08. The molecule has 0 heteroatoms. The molecule has 0 unspecified atom stereocenters. The molecule has 48 valence electrons. The second kappa shape index (κ2) is 3.35. The molecule has 0 nitrogen and oxygen atoms in total. The zero-order chi connectivity index (χ0) is 6.53. The Bertz CT molecular complexity index is 164. The van der Waals surface area contributed by atoms with Gasteiger partial charge in [0, 0.05) is 6.42 Å². The van der Waals surface area contributed by atoms with Crippen molar-refractivity contribution in [2.45, 2.75) is 32.6 Å². The molecule has 0 radical (unpaired) electrons. The fourth-order valence-electron chi connectivity index (χ4n) is 0.980. The van der Waals surface area contributed by atoms with E-state index in [-0.39, 0.29) is 0 Å². The maximum atomic E-state index is 3.13. The monoisotopic (exact) mass is 120 g/mol. The van der Waals surface area contributed by atoms with Crippen LogP contribution in [0.15, 0.2) is 11.6 Å². The number of hydrogen-bond acceptors (Lipinski definition) is 0. The van der Waals surface area contributed by atoms with Gasteiger partial charge in [0.05, 0.1) is 0 Å². The molecule has 0 atom stereocenters. The summed E-state index contributed by atoms with van der Waals surface area (Å²) in [7, 11) is 0. The van der Waals surface area contributed by atoms with E-state index in [2.05, 4.69) is 24.8 Å². The van der Waals surface area contributed by atoms with Gasteiger partial charge < -0.3 is 0 Å². The summed E-state index contributed by atoms with van der Waals surface area (Å²) in [6, 6.07) is 0. The van der Waals surface area contributed by atoms with Gasteiger partial charge in [-0.2, -0.15) is 0 Å². The second-order valence-corrected chi connectivity index (χ2v) is 2.32. The first-order valence-corrected chi connectivity index (χ1v) is 3.61. The van der Waals surface area contributed by atoms with Crippen molar-refractivity contribution in [2.24, 2.45) is 0 Å². The summed E-state index contributed by atoms with van der Waals surface area (Å²) in [6.45, 7) is 2.19. The molecule has 0 aromatic rings. The Balaban J connectivity index is 2.45. The summed E-state index contributed by atoms with van der Waals surface area (Å²) in [5.41, 5.74) is 1.35. The molecule has 1 aliphatic rings. The fraction of sp³-hybridized carbons (Fsp3) is 0.556. The molecule has 0 bridgehead atoms. The molecule has 0 N–H and O–H groups in total. The summed E-state index contributed by atoms with van der Waals surface area (Å²) >= 11 is 0. The summed E-state index contributed by atoms with van der Waals surface area (Å²) in [5.74, 6) is 6.23. The van der Waals surface area contributed by atoms with E-state index in [4.69, 9.17) is 0 Å². The molecule has 1 aliphatic carbocycles. The molecule has 0 saturated carbocycles. The third-order valence-electron chi connectivity index (χ3n) is 1.43. The number of rotatable bonds is 2. The van der Waals surface area contributed by atoms with E-state index in [0.717, 1.165) is 6.42 Å². The highest BCUT2D eigenvalue weighted by Gasteiger charge is 1.93. The Kier molecular flexibility index (Phi) is 2.39. The van der Waals surface area contributed by atoms with E-state index >= 15 is 0 Å². The largest absolute Gasteiger partial charge is 0.0979 e. The second-order valence-electron chi connectivity index (χ2n) is 2.32. The van der Waals surface area contributed by atoms with Crippen molar-refractivity contribution >= 4 is 0 Å². The minimum absolute atomic E-state index is 1.06. The van der Waals surface area contributed by atoms with Gasteiger partial charge in [-0.05, 0) is 18.4 Å². The lowest BCUT2D eigenvalue weighted by atomic mass is 10.1. The molecule has 0 saturated heterocycles. The first-order chi connectivity index (χ1) is 4.43. The smallest absolute Gasteiger partial charge is 0.0127 e. The topological polar surface area (TPSA) is 0 Å². The van der Waals surface area contributed by atoms with Crippen molar-refractivity contribution in [2.75, 3.05) is 0 Å². The third-order valence-corrected chi connectivity index (χ3v) is 1.43. The van der Waals surface area contributed by atoms with E-state index < -0.39 is 0 Å². The molecule has 0 aliphatic heterocycles. The molecular weight excluding hydrogens is 108 g/mol. The van der Waals surface area contributed by atoms with Gasteiger partial charge in [0.15, 0.2) is 0 Å². The van der Waals surface area contributed by atoms with Crippen LogP contribution in [-0.2, 0) is 0 Å². The maximum Gasteiger partial charge on any atom is 0.0127 e. The van der Waals surface area contributed by atoms with E-state index in [1.54, 1.807) is 0 Å². The van der Waals surface area contributed by atoms with Gasteiger partial charge in [-0.25, -0.2) is 0 Å². The molecule has 9 heavy (non-hydrogen) atoms. The summed E-state index contributed by atoms with van der Waals surface area (Å²) in [4.78, 5) is 0. The first-order valence-electron chi connectivity index (χ1n) is 3.61. The predicted molar refractivity (Wildman–Crippen MR) is 40.0 cm³/mol. The molecule has 0 aromatic heterocycles. The SMILES string of the molecule is CCCC1=CCCC#C1. The molecule has 0 heterocycles. The van der Waals surface area contributed by atoms with Crippen LogP contribution in [0.5, 0.6) is 0 Å². The Morgan fingerprint density at radius 1 is 1.67 bits per heavy atom. The standard InChI is InChI=1S/C9H12/c1-2-6-9-7-4-3-5-8-9/h7H,2-4,6H2,1H3. The van der Waals surface area contributed by atoms with Crippen molar-refractivity contribution in [1.29, 1.82) is 0 Å². The Labute approximate surface area is 57.0 Å². The van der Waals surface area contributed by atoms with Crippen LogP contribution in [-0.4, -0.2) is 0 Å². The zero-order valence-corrected chi connectivity index (χ0v) is 5.91. The number of allylic oxidation sites excluding steroid dienone is 2. The fourth-order valence-corrected chi connectivity index (χ4v) is 0.980. The van der Waals surface area contributed by atoms with Crippen molar-refractivity contribution in [3.05, 3.63) is 11.6 Å². The molecule has 0 spiro atoms. The highest BCUT2D eigenvalue weighted by molar-refractivity contribution is 5.31. The summed E-state index contributed by atoms with van der Waals surface area (Å²) in [6.07, 6.45) is 6.89. The van der Waals surface area contributed by atoms with Crippen molar-refractivity contribution in [1.82, 2.24) is 0 Å². The number of hydrogen-bond donors (Lipinski definition) is 0. The molecule has 0 amide bonds. The molecule has 0 fully saturated rings. The van der Waals surface area contributed by atoms with Crippen LogP contribution in [0.25, 0.3) is 0 Å². The van der Waals surface area contributed by atoms with Crippen LogP contribution < -0.4 is 0 Å². The lowest BCUT2D eigenvalue weighted by Gasteiger charge is -1.99. The summed E-state index contributed by atoms with van der Waals surface area (Å²) in [5, 5.41) is 0.